The minimum absolute atomic E-state index is 0.501. The van der Waals surface area contributed by atoms with Crippen LogP contribution in [0.4, 0.5) is 0 Å². The molecule has 0 aliphatic carbocycles. The van der Waals surface area contributed by atoms with Crippen LogP contribution in [0.5, 0.6) is 0 Å². The van der Waals surface area contributed by atoms with Crippen LogP contribution in [0.1, 0.15) is 0 Å². The summed E-state index contributed by atoms with van der Waals surface area (Å²) in [5.74, 6) is -0.892. The zero-order valence-corrected chi connectivity index (χ0v) is 7.08. The number of ether oxygens (including phenoxy) is 2. The van der Waals surface area contributed by atoms with Gasteiger partial charge in [-0.25, -0.2) is 4.79 Å². The van der Waals surface area contributed by atoms with Gasteiger partial charge in [-0.05, 0) is 0 Å². The summed E-state index contributed by atoms with van der Waals surface area (Å²) in [5, 5.41) is 27.3. The molecule has 0 radical (unpaired) electrons. The fraction of sp³-hybridized carbons (Fsp3) is 0.857. The van der Waals surface area contributed by atoms with Gasteiger partial charge in [-0.2, -0.15) is 0 Å². The molecular weight excluding hydrogens is 180 g/mol. The molecule has 1 aliphatic rings. The predicted molar refractivity (Wildman–Crippen MR) is 39.8 cm³/mol. The van der Waals surface area contributed by atoms with Crippen molar-refractivity contribution in [2.75, 3.05) is 13.7 Å². The lowest BCUT2D eigenvalue weighted by Crippen LogP contribution is -2.57. The Kier molecular flexibility index (Phi) is 3.21. The molecule has 0 unspecified atom stereocenters. The van der Waals surface area contributed by atoms with Crippen LogP contribution in [0.2, 0.25) is 0 Å². The van der Waals surface area contributed by atoms with Gasteiger partial charge in [-0.3, -0.25) is 0 Å². The highest BCUT2D eigenvalue weighted by molar-refractivity contribution is 5.76. The lowest BCUT2D eigenvalue weighted by molar-refractivity contribution is -0.210. The van der Waals surface area contributed by atoms with E-state index in [9.17, 15) is 15.0 Å². The molecule has 0 aromatic carbocycles. The zero-order valence-electron chi connectivity index (χ0n) is 7.08. The highest BCUT2D eigenvalue weighted by Crippen LogP contribution is 2.18. The van der Waals surface area contributed by atoms with Gasteiger partial charge in [0.2, 0.25) is 0 Å². The van der Waals surface area contributed by atoms with Gasteiger partial charge in [0.25, 0.3) is 0 Å². The Hall–Kier alpha value is -0.690. The van der Waals surface area contributed by atoms with Gasteiger partial charge in [0, 0.05) is 7.11 Å². The van der Waals surface area contributed by atoms with Crippen molar-refractivity contribution in [1.82, 2.24) is 0 Å². The van der Waals surface area contributed by atoms with E-state index in [-0.39, 0.29) is 0 Å². The van der Waals surface area contributed by atoms with Crippen molar-refractivity contribution in [3.05, 3.63) is 0 Å². The molecular formula is C7H12O6. The molecule has 0 bridgehead atoms. The summed E-state index contributed by atoms with van der Waals surface area (Å²) in [6, 6.07) is 0. The van der Waals surface area contributed by atoms with E-state index in [0.717, 1.165) is 0 Å². The smallest absolute Gasteiger partial charge is 0.338 e. The number of methoxy groups -OCH3 is 1. The topological polar surface area (TPSA) is 96.2 Å². The molecule has 4 atom stereocenters. The molecule has 0 amide bonds. The van der Waals surface area contributed by atoms with Crippen LogP contribution in [-0.4, -0.2) is 59.4 Å². The van der Waals surface area contributed by atoms with Crippen LogP contribution in [0, 0.1) is 0 Å². The average molecular weight is 192 g/mol. The third-order valence-electron chi connectivity index (χ3n) is 1.99. The minimum atomic E-state index is -1.50. The van der Waals surface area contributed by atoms with Gasteiger partial charge >= 0.3 is 5.97 Å². The van der Waals surface area contributed by atoms with E-state index < -0.39 is 37.0 Å². The maximum absolute atomic E-state index is 10.9. The second kappa shape index (κ2) is 4.01. The van der Waals surface area contributed by atoms with E-state index in [1.807, 2.05) is 0 Å². The number of hydrogen-bond donors (Lipinski definition) is 3. The van der Waals surface area contributed by atoms with E-state index >= 15 is 0 Å². The van der Waals surface area contributed by atoms with E-state index in [2.05, 4.69) is 4.74 Å². The van der Waals surface area contributed by atoms with Crippen LogP contribution < -0.4 is 0 Å². The van der Waals surface area contributed by atoms with Gasteiger partial charge in [-0.15, -0.1) is 0 Å². The van der Waals surface area contributed by atoms with Crippen LogP contribution in [0.3, 0.4) is 0 Å². The van der Waals surface area contributed by atoms with Crippen molar-refractivity contribution < 1.29 is 29.6 Å². The number of cyclic esters (lactones) is 1. The number of rotatable bonds is 2. The van der Waals surface area contributed by atoms with Crippen LogP contribution >= 0.6 is 0 Å². The van der Waals surface area contributed by atoms with Gasteiger partial charge in [-0.1, -0.05) is 0 Å². The first kappa shape index (κ1) is 10.4. The maximum atomic E-state index is 10.9. The van der Waals surface area contributed by atoms with Crippen molar-refractivity contribution in [2.45, 2.75) is 24.4 Å². The molecule has 0 saturated carbocycles. The maximum Gasteiger partial charge on any atom is 0.338 e. The molecule has 3 N–H and O–H groups in total. The molecule has 6 nitrogen and oxygen atoms in total. The molecule has 1 heterocycles. The SMILES string of the molecule is CO[C@H]1[C@H](O)[C@@H](CO)OC(=O)[C@@H]1O. The molecule has 1 fully saturated rings. The van der Waals surface area contributed by atoms with Crippen LogP contribution in [0.15, 0.2) is 0 Å². The van der Waals surface area contributed by atoms with Crippen molar-refractivity contribution in [3.63, 3.8) is 0 Å². The standard InChI is InChI=1S/C7H12O6/c1-12-6-4(9)3(2-8)13-7(11)5(6)10/h3-6,8-10H,2H2,1H3/t3-,4-,5-,6+/m1/s1. The van der Waals surface area contributed by atoms with Crippen LogP contribution in [0.25, 0.3) is 0 Å². The number of carbonyl (C=O) groups is 1. The summed E-state index contributed by atoms with van der Waals surface area (Å²) >= 11 is 0. The highest BCUT2D eigenvalue weighted by Gasteiger charge is 2.44. The van der Waals surface area contributed by atoms with Gasteiger partial charge in [0.05, 0.1) is 6.61 Å². The van der Waals surface area contributed by atoms with E-state index in [0.29, 0.717) is 0 Å². The number of carbonyl (C=O) groups excluding carboxylic acids is 1. The largest absolute Gasteiger partial charge is 0.455 e. The Labute approximate surface area is 74.7 Å². The normalized spacial score (nSPS) is 40.2. The first-order chi connectivity index (χ1) is 6.11. The summed E-state index contributed by atoms with van der Waals surface area (Å²) in [5.41, 5.74) is 0. The first-order valence-corrected chi connectivity index (χ1v) is 3.82. The second-order valence-corrected chi connectivity index (χ2v) is 2.79. The van der Waals surface area contributed by atoms with Gasteiger partial charge < -0.3 is 24.8 Å². The molecule has 0 spiro atoms. The Balaban J connectivity index is 2.74. The average Bonchev–Trinajstić information content (AvgIpc) is 2.12. The minimum Gasteiger partial charge on any atom is -0.455 e. The quantitative estimate of drug-likeness (QED) is 0.423. The van der Waals surface area contributed by atoms with E-state index in [1.54, 1.807) is 0 Å². The molecule has 1 rings (SSSR count). The summed E-state index contributed by atoms with van der Waals surface area (Å²) in [6.45, 7) is -0.501. The molecule has 1 saturated heterocycles. The van der Waals surface area contributed by atoms with Crippen molar-refractivity contribution in [1.29, 1.82) is 0 Å². The molecule has 6 heteroatoms. The number of hydrogen-bond acceptors (Lipinski definition) is 6. The Morgan fingerprint density at radius 2 is 2.15 bits per heavy atom. The summed E-state index contributed by atoms with van der Waals surface area (Å²) < 4.78 is 9.23. The van der Waals surface area contributed by atoms with E-state index in [1.165, 1.54) is 7.11 Å². The molecule has 76 valence electrons. The second-order valence-electron chi connectivity index (χ2n) is 2.79. The first-order valence-electron chi connectivity index (χ1n) is 3.82. The van der Waals surface area contributed by atoms with Gasteiger partial charge in [0.1, 0.15) is 12.2 Å². The molecule has 0 aromatic rings. The lowest BCUT2D eigenvalue weighted by Gasteiger charge is -2.35. The monoisotopic (exact) mass is 192 g/mol. The van der Waals surface area contributed by atoms with Crippen molar-refractivity contribution in [3.8, 4) is 0 Å². The number of esters is 1. The highest BCUT2D eigenvalue weighted by atomic mass is 16.6. The zero-order chi connectivity index (χ0) is 10.0. The molecule has 0 aromatic heterocycles. The Morgan fingerprint density at radius 3 is 2.62 bits per heavy atom. The summed E-state index contributed by atoms with van der Waals surface area (Å²) in [7, 11) is 1.25. The third kappa shape index (κ3) is 1.80. The lowest BCUT2D eigenvalue weighted by atomic mass is 10.00. The molecule has 1 aliphatic heterocycles. The Morgan fingerprint density at radius 1 is 1.54 bits per heavy atom. The summed E-state index contributed by atoms with van der Waals surface area (Å²) in [6.07, 6.45) is -4.77. The van der Waals surface area contributed by atoms with Crippen molar-refractivity contribution in [2.24, 2.45) is 0 Å². The molecule has 13 heavy (non-hydrogen) atoms. The van der Waals surface area contributed by atoms with Crippen molar-refractivity contribution >= 4 is 5.97 Å². The number of aliphatic hydroxyl groups excluding tert-OH is 3. The number of aliphatic hydroxyl groups is 3. The third-order valence-corrected chi connectivity index (χ3v) is 1.99. The van der Waals surface area contributed by atoms with Crippen LogP contribution in [-0.2, 0) is 14.3 Å². The predicted octanol–water partition coefficient (Wildman–Crippen LogP) is -2.36. The van der Waals surface area contributed by atoms with E-state index in [4.69, 9.17) is 9.84 Å². The van der Waals surface area contributed by atoms with Gasteiger partial charge in [0.15, 0.2) is 12.2 Å². The Bertz CT molecular complexity index is 193. The fourth-order valence-corrected chi connectivity index (χ4v) is 1.23. The summed E-state index contributed by atoms with van der Waals surface area (Å²) in [4.78, 5) is 10.9. The fourth-order valence-electron chi connectivity index (χ4n) is 1.23.